The fraction of sp³-hybridized carbons (Fsp3) is 0.600. The zero-order valence-corrected chi connectivity index (χ0v) is 12.0. The summed E-state index contributed by atoms with van der Waals surface area (Å²) >= 11 is 2.97. The number of methoxy groups -OCH3 is 1. The number of aromatic nitrogens is 4. The molecule has 98 valence electrons. The largest absolute Gasteiger partial charge is 0.377 e. The number of ether oxygens (including phenoxy) is 1. The normalized spacial score (nSPS) is 12.8. The molecule has 0 aliphatic heterocycles. The van der Waals surface area contributed by atoms with Gasteiger partial charge in [-0.1, -0.05) is 23.8 Å². The molecule has 6 nitrogen and oxygen atoms in total. The van der Waals surface area contributed by atoms with E-state index in [-0.39, 0.29) is 5.25 Å². The lowest BCUT2D eigenvalue weighted by Gasteiger charge is -2.01. The summed E-state index contributed by atoms with van der Waals surface area (Å²) in [5, 5.41) is 3.89. The molecule has 0 bridgehead atoms. The van der Waals surface area contributed by atoms with Gasteiger partial charge in [0.15, 0.2) is 10.2 Å². The molecule has 0 radical (unpaired) electrons. The van der Waals surface area contributed by atoms with Crippen molar-refractivity contribution in [2.75, 3.05) is 7.11 Å². The van der Waals surface area contributed by atoms with E-state index < -0.39 is 0 Å². The van der Waals surface area contributed by atoms with E-state index >= 15 is 0 Å². The molecule has 0 spiro atoms. The van der Waals surface area contributed by atoms with Gasteiger partial charge in [0.1, 0.15) is 12.4 Å². The Labute approximate surface area is 113 Å². The zero-order valence-electron chi connectivity index (χ0n) is 10.4. The second-order valence-corrected chi connectivity index (χ2v) is 5.91. The quantitative estimate of drug-likeness (QED) is 0.755. The number of hydrogen-bond donors (Lipinski definition) is 0. The van der Waals surface area contributed by atoms with E-state index in [0.29, 0.717) is 18.3 Å². The average molecular weight is 286 g/mol. The van der Waals surface area contributed by atoms with Crippen molar-refractivity contribution >= 4 is 23.3 Å². The van der Waals surface area contributed by atoms with Crippen LogP contribution in [0.3, 0.4) is 0 Å². The molecule has 0 saturated carbocycles. The zero-order chi connectivity index (χ0) is 13.0. The van der Waals surface area contributed by atoms with Crippen LogP contribution in [-0.4, -0.2) is 26.6 Å². The molecule has 0 N–H and O–H groups in total. The van der Waals surface area contributed by atoms with E-state index in [1.807, 2.05) is 13.8 Å². The van der Waals surface area contributed by atoms with Crippen molar-refractivity contribution in [1.82, 2.24) is 19.5 Å². The summed E-state index contributed by atoms with van der Waals surface area (Å²) in [4.78, 5) is 8.65. The molecule has 18 heavy (non-hydrogen) atoms. The third-order valence-corrected chi connectivity index (χ3v) is 4.06. The highest BCUT2D eigenvalue weighted by Gasteiger charge is 2.17. The van der Waals surface area contributed by atoms with E-state index in [1.54, 1.807) is 18.9 Å². The maximum Gasteiger partial charge on any atom is 0.240 e. The lowest BCUT2D eigenvalue weighted by atomic mass is 10.5. The van der Waals surface area contributed by atoms with Crippen LogP contribution in [0.15, 0.2) is 8.86 Å². The summed E-state index contributed by atoms with van der Waals surface area (Å²) in [6.07, 6.45) is 0.851. The number of aryl methyl sites for hydroxylation is 1. The second-order valence-electron chi connectivity index (χ2n) is 3.57. The first-order valence-corrected chi connectivity index (χ1v) is 7.19. The summed E-state index contributed by atoms with van der Waals surface area (Å²) in [6, 6.07) is 0. The van der Waals surface area contributed by atoms with Gasteiger partial charge in [0, 0.05) is 13.5 Å². The van der Waals surface area contributed by atoms with E-state index in [4.69, 9.17) is 9.26 Å². The molecule has 0 unspecified atom stereocenters. The van der Waals surface area contributed by atoms with Gasteiger partial charge in [-0.15, -0.1) is 0 Å². The van der Waals surface area contributed by atoms with Gasteiger partial charge in [-0.2, -0.15) is 9.36 Å². The molecule has 0 aliphatic carbocycles. The topological polar surface area (TPSA) is 73.9 Å². The Balaban J connectivity index is 1.99. The minimum absolute atomic E-state index is 0.0563. The first-order valence-electron chi connectivity index (χ1n) is 5.53. The molecule has 0 amide bonds. The monoisotopic (exact) mass is 286 g/mol. The van der Waals surface area contributed by atoms with Crippen molar-refractivity contribution in [1.29, 1.82) is 0 Å². The fourth-order valence-electron chi connectivity index (χ4n) is 1.25. The minimum Gasteiger partial charge on any atom is -0.377 e. The number of hydrogen-bond acceptors (Lipinski definition) is 8. The van der Waals surface area contributed by atoms with Gasteiger partial charge < -0.3 is 9.26 Å². The maximum atomic E-state index is 5.18. The Morgan fingerprint density at radius 3 is 2.89 bits per heavy atom. The molecule has 2 aromatic rings. The number of thioether (sulfide) groups is 1. The first kappa shape index (κ1) is 13.4. The highest BCUT2D eigenvalue weighted by molar-refractivity contribution is 8.01. The Bertz CT molecular complexity index is 500. The molecular formula is C10H14N4O2S2. The molecule has 2 rings (SSSR count). The van der Waals surface area contributed by atoms with Crippen molar-refractivity contribution in [2.45, 2.75) is 36.5 Å². The SMILES string of the molecule is CCc1nsc(S[C@@H](C)c2nc(COC)no2)n1. The smallest absolute Gasteiger partial charge is 0.240 e. The molecule has 0 saturated heterocycles. The molecule has 1 atom stereocenters. The summed E-state index contributed by atoms with van der Waals surface area (Å²) in [6.45, 7) is 4.40. The summed E-state index contributed by atoms with van der Waals surface area (Å²) < 4.78 is 15.3. The number of rotatable bonds is 6. The van der Waals surface area contributed by atoms with Crippen molar-refractivity contribution in [3.05, 3.63) is 17.5 Å². The standard InChI is InChI=1S/C10H14N4O2S2/c1-4-7-12-10(18-14-7)17-6(2)9-11-8(5-15-3)13-16-9/h6H,4-5H2,1-3H3/t6-/m0/s1. The van der Waals surface area contributed by atoms with Crippen LogP contribution in [0.2, 0.25) is 0 Å². The molecule has 8 heteroatoms. The first-order chi connectivity index (χ1) is 8.72. The van der Waals surface area contributed by atoms with E-state index in [2.05, 4.69) is 19.5 Å². The van der Waals surface area contributed by atoms with E-state index in [0.717, 1.165) is 16.6 Å². The second kappa shape index (κ2) is 6.26. The van der Waals surface area contributed by atoms with Crippen LogP contribution in [0.25, 0.3) is 0 Å². The van der Waals surface area contributed by atoms with Crippen LogP contribution in [-0.2, 0) is 17.8 Å². The van der Waals surface area contributed by atoms with Gasteiger partial charge in [-0.3, -0.25) is 0 Å². The van der Waals surface area contributed by atoms with Crippen molar-refractivity contribution in [3.63, 3.8) is 0 Å². The van der Waals surface area contributed by atoms with Crippen LogP contribution < -0.4 is 0 Å². The van der Waals surface area contributed by atoms with Crippen LogP contribution in [0.5, 0.6) is 0 Å². The summed E-state index contributed by atoms with van der Waals surface area (Å²) in [7, 11) is 1.60. The average Bonchev–Trinajstić information content (AvgIpc) is 2.98. The number of nitrogens with zero attached hydrogens (tertiary/aromatic N) is 4. The molecule has 2 aromatic heterocycles. The third kappa shape index (κ3) is 3.27. The predicted molar refractivity (Wildman–Crippen MR) is 68.6 cm³/mol. The predicted octanol–water partition coefficient (Wildman–Crippen LogP) is 2.48. The summed E-state index contributed by atoms with van der Waals surface area (Å²) in [5.41, 5.74) is 0. The van der Waals surface area contributed by atoms with Gasteiger partial charge in [0.2, 0.25) is 5.89 Å². The third-order valence-electron chi connectivity index (χ3n) is 2.15. The van der Waals surface area contributed by atoms with Crippen LogP contribution in [0.4, 0.5) is 0 Å². The van der Waals surface area contributed by atoms with Crippen molar-refractivity contribution in [2.24, 2.45) is 0 Å². The van der Waals surface area contributed by atoms with E-state index in [9.17, 15) is 0 Å². The highest BCUT2D eigenvalue weighted by Crippen LogP contribution is 2.34. The molecular weight excluding hydrogens is 272 g/mol. The van der Waals surface area contributed by atoms with Crippen molar-refractivity contribution < 1.29 is 9.26 Å². The van der Waals surface area contributed by atoms with Crippen molar-refractivity contribution in [3.8, 4) is 0 Å². The molecule has 2 heterocycles. The van der Waals surface area contributed by atoms with E-state index in [1.165, 1.54) is 11.5 Å². The molecule has 0 fully saturated rings. The lowest BCUT2D eigenvalue weighted by Crippen LogP contribution is -1.92. The van der Waals surface area contributed by atoms with Gasteiger partial charge in [-0.05, 0) is 18.5 Å². The van der Waals surface area contributed by atoms with Crippen LogP contribution >= 0.6 is 23.3 Å². The maximum absolute atomic E-state index is 5.18. The summed E-state index contributed by atoms with van der Waals surface area (Å²) in [5.74, 6) is 2.02. The Morgan fingerprint density at radius 1 is 1.39 bits per heavy atom. The molecule has 0 aromatic carbocycles. The van der Waals surface area contributed by atoms with Gasteiger partial charge in [0.05, 0.1) is 5.25 Å². The Morgan fingerprint density at radius 2 is 2.22 bits per heavy atom. The van der Waals surface area contributed by atoms with Gasteiger partial charge in [0.25, 0.3) is 0 Å². The minimum atomic E-state index is 0.0563. The molecule has 0 aliphatic rings. The van der Waals surface area contributed by atoms with Gasteiger partial charge >= 0.3 is 0 Å². The highest BCUT2D eigenvalue weighted by atomic mass is 32.2. The lowest BCUT2D eigenvalue weighted by molar-refractivity contribution is 0.174. The Hall–Kier alpha value is -0.990. The fourth-order valence-corrected chi connectivity index (χ4v) is 3.12. The van der Waals surface area contributed by atoms with Gasteiger partial charge in [-0.25, -0.2) is 4.98 Å². The van der Waals surface area contributed by atoms with Crippen LogP contribution in [0.1, 0.15) is 36.6 Å². The Kier molecular flexibility index (Phi) is 4.67. The van der Waals surface area contributed by atoms with Crippen LogP contribution in [0, 0.1) is 0 Å².